The third kappa shape index (κ3) is 4.13. The van der Waals surface area contributed by atoms with Gasteiger partial charge in [0.25, 0.3) is 5.95 Å². The van der Waals surface area contributed by atoms with E-state index in [9.17, 15) is 0 Å². The molecule has 1 atom stereocenters. The third-order valence-electron chi connectivity index (χ3n) is 7.39. The van der Waals surface area contributed by atoms with Crippen LogP contribution in [0, 0.1) is 5.95 Å². The summed E-state index contributed by atoms with van der Waals surface area (Å²) in [5.41, 5.74) is 9.76. The lowest BCUT2D eigenvalue weighted by molar-refractivity contribution is 0.161. The lowest BCUT2D eigenvalue weighted by Crippen LogP contribution is -2.36. The van der Waals surface area contributed by atoms with Gasteiger partial charge in [-0.3, -0.25) is 0 Å². The molecule has 1 spiro atoms. The van der Waals surface area contributed by atoms with Gasteiger partial charge in [-0.05, 0) is 54.8 Å². The summed E-state index contributed by atoms with van der Waals surface area (Å²) in [6.45, 7) is 1.04. The number of fused-ring (bicyclic) bond motifs is 5. The van der Waals surface area contributed by atoms with Gasteiger partial charge in [0.1, 0.15) is 22.6 Å². The number of aromatic nitrogens is 3. The van der Waals surface area contributed by atoms with Gasteiger partial charge in [-0.1, -0.05) is 17.8 Å². The molecule has 11 heteroatoms. The Labute approximate surface area is 233 Å². The molecule has 0 aliphatic carbocycles. The Hall–Kier alpha value is -4.22. The molecular weight excluding hydrogens is 531 g/mol. The van der Waals surface area contributed by atoms with E-state index in [1.807, 2.05) is 42.5 Å². The molecule has 0 amide bonds. The Bertz CT molecular complexity index is 1730. The zero-order valence-corrected chi connectivity index (χ0v) is 22.4. The van der Waals surface area contributed by atoms with Crippen molar-refractivity contribution in [2.24, 2.45) is 10.7 Å². The van der Waals surface area contributed by atoms with Crippen LogP contribution in [0.1, 0.15) is 29.7 Å². The first-order valence-electron chi connectivity index (χ1n) is 12.9. The molecular formula is C29H25FN6O3S. The van der Waals surface area contributed by atoms with Crippen LogP contribution in [-0.4, -0.2) is 46.2 Å². The lowest BCUT2D eigenvalue weighted by atomic mass is 9.78. The molecule has 9 nitrogen and oxygen atoms in total. The quantitative estimate of drug-likeness (QED) is 0.313. The summed E-state index contributed by atoms with van der Waals surface area (Å²) >= 11 is 1.49. The van der Waals surface area contributed by atoms with Crippen LogP contribution in [0.25, 0.3) is 16.5 Å². The van der Waals surface area contributed by atoms with E-state index in [4.69, 9.17) is 24.9 Å². The molecule has 6 heterocycles. The monoisotopic (exact) mass is 556 g/mol. The van der Waals surface area contributed by atoms with Crippen molar-refractivity contribution in [2.45, 2.75) is 18.4 Å². The van der Waals surface area contributed by atoms with Crippen LogP contribution in [0.5, 0.6) is 17.2 Å². The van der Waals surface area contributed by atoms with Crippen molar-refractivity contribution in [2.75, 3.05) is 31.4 Å². The number of benzene rings is 1. The van der Waals surface area contributed by atoms with Gasteiger partial charge in [0, 0.05) is 34.2 Å². The number of thioether (sulfide) groups is 1. The number of nitrogens with two attached hydrogens (primary N) is 1. The summed E-state index contributed by atoms with van der Waals surface area (Å²) in [7, 11) is 1.61. The number of methoxy groups -OCH3 is 1. The molecule has 1 aromatic carbocycles. The van der Waals surface area contributed by atoms with Gasteiger partial charge >= 0.3 is 0 Å². The highest BCUT2D eigenvalue weighted by atomic mass is 32.2. The van der Waals surface area contributed by atoms with Crippen molar-refractivity contribution in [1.29, 1.82) is 0 Å². The summed E-state index contributed by atoms with van der Waals surface area (Å²) in [6.07, 6.45) is 6.59. The van der Waals surface area contributed by atoms with Crippen LogP contribution in [-0.2, 0) is 10.3 Å². The molecule has 0 bridgehead atoms. The number of hydrogen-bond donors (Lipinski definition) is 2. The highest BCUT2D eigenvalue weighted by Gasteiger charge is 2.46. The van der Waals surface area contributed by atoms with Crippen molar-refractivity contribution in [3.63, 3.8) is 0 Å². The summed E-state index contributed by atoms with van der Waals surface area (Å²) in [6, 6.07) is 11.3. The molecule has 40 heavy (non-hydrogen) atoms. The number of rotatable bonds is 4. The van der Waals surface area contributed by atoms with Crippen molar-refractivity contribution in [1.82, 2.24) is 15.0 Å². The molecule has 0 radical (unpaired) electrons. The minimum atomic E-state index is -0.933. The maximum absolute atomic E-state index is 15.6. The molecule has 3 aliphatic heterocycles. The number of halogens is 1. The van der Waals surface area contributed by atoms with Gasteiger partial charge in [-0.15, -0.1) is 0 Å². The van der Waals surface area contributed by atoms with Crippen LogP contribution in [0.2, 0.25) is 0 Å². The van der Waals surface area contributed by atoms with Gasteiger partial charge in [-0.2, -0.15) is 4.39 Å². The fourth-order valence-electron chi connectivity index (χ4n) is 5.45. The molecule has 3 aliphatic rings. The molecule has 0 fully saturated rings. The van der Waals surface area contributed by atoms with Crippen LogP contribution in [0.3, 0.4) is 0 Å². The number of amidine groups is 1. The highest BCUT2D eigenvalue weighted by molar-refractivity contribution is 8.13. The zero-order valence-electron chi connectivity index (χ0n) is 21.6. The van der Waals surface area contributed by atoms with Crippen LogP contribution in [0.15, 0.2) is 59.9 Å². The minimum Gasteiger partial charge on any atom is -0.495 e. The van der Waals surface area contributed by atoms with Gasteiger partial charge in [-0.25, -0.2) is 19.9 Å². The molecule has 0 unspecified atom stereocenters. The first-order chi connectivity index (χ1) is 19.5. The maximum Gasteiger partial charge on any atom is 0.256 e. The SMILES string of the molecule is COc1cnc2c(Nc3ccc4c(c3)[C@@]3(CCSC(N)=N3)c3cc(C5=CCOCC5)nc(F)c3O4)nccc2c1. The molecule has 3 aromatic heterocycles. The number of aliphatic imine (C=N–C) groups is 1. The second-order valence-electron chi connectivity index (χ2n) is 9.68. The highest BCUT2D eigenvalue weighted by Crippen LogP contribution is 2.54. The fourth-order valence-corrected chi connectivity index (χ4v) is 6.28. The number of hydrogen-bond acceptors (Lipinski definition) is 10. The van der Waals surface area contributed by atoms with Crippen molar-refractivity contribution >= 4 is 44.9 Å². The van der Waals surface area contributed by atoms with E-state index in [1.54, 1.807) is 19.5 Å². The van der Waals surface area contributed by atoms with Crippen LogP contribution >= 0.6 is 11.8 Å². The smallest absolute Gasteiger partial charge is 0.256 e. The second kappa shape index (κ2) is 9.76. The van der Waals surface area contributed by atoms with Gasteiger partial charge in [0.15, 0.2) is 16.7 Å². The fraction of sp³-hybridized carbons (Fsp3) is 0.241. The van der Waals surface area contributed by atoms with E-state index in [2.05, 4.69) is 20.3 Å². The summed E-state index contributed by atoms with van der Waals surface area (Å²) in [5.74, 6) is 1.91. The van der Waals surface area contributed by atoms with E-state index in [0.29, 0.717) is 65.3 Å². The second-order valence-corrected chi connectivity index (χ2v) is 10.8. The van der Waals surface area contributed by atoms with E-state index >= 15 is 4.39 Å². The van der Waals surface area contributed by atoms with Crippen molar-refractivity contribution < 1.29 is 18.6 Å². The topological polar surface area (TPSA) is 117 Å². The largest absolute Gasteiger partial charge is 0.495 e. The normalized spacial score (nSPS) is 19.8. The zero-order chi connectivity index (χ0) is 27.3. The molecule has 0 saturated carbocycles. The Morgan fingerprint density at radius 2 is 2.08 bits per heavy atom. The number of pyridine rings is 3. The molecule has 3 N–H and O–H groups in total. The van der Waals surface area contributed by atoms with Gasteiger partial charge in [0.05, 0.1) is 32.2 Å². The first kappa shape index (κ1) is 24.8. The molecule has 202 valence electrons. The number of anilines is 2. The van der Waals surface area contributed by atoms with E-state index in [-0.39, 0.29) is 5.75 Å². The van der Waals surface area contributed by atoms with E-state index < -0.39 is 11.5 Å². The van der Waals surface area contributed by atoms with E-state index in [0.717, 1.165) is 28.0 Å². The first-order valence-corrected chi connectivity index (χ1v) is 13.9. The third-order valence-corrected chi connectivity index (χ3v) is 8.19. The van der Waals surface area contributed by atoms with Crippen LogP contribution < -0.4 is 20.5 Å². The van der Waals surface area contributed by atoms with Gasteiger partial charge < -0.3 is 25.3 Å². The van der Waals surface area contributed by atoms with E-state index in [1.165, 1.54) is 11.8 Å². The lowest BCUT2D eigenvalue weighted by Gasteiger charge is -2.39. The number of nitrogens with zero attached hydrogens (tertiary/aromatic N) is 4. The predicted molar refractivity (Wildman–Crippen MR) is 153 cm³/mol. The Balaban J connectivity index is 1.35. The van der Waals surface area contributed by atoms with Gasteiger partial charge in [0.2, 0.25) is 0 Å². The summed E-state index contributed by atoms with van der Waals surface area (Å²) in [5, 5.41) is 4.74. The minimum absolute atomic E-state index is 0.0851. The summed E-state index contributed by atoms with van der Waals surface area (Å²) < 4.78 is 32.5. The Morgan fingerprint density at radius 3 is 2.90 bits per heavy atom. The molecule has 4 aromatic rings. The summed E-state index contributed by atoms with van der Waals surface area (Å²) in [4.78, 5) is 18.3. The van der Waals surface area contributed by atoms with Crippen molar-refractivity contribution in [3.8, 4) is 17.2 Å². The van der Waals surface area contributed by atoms with Crippen LogP contribution in [0.4, 0.5) is 15.9 Å². The maximum atomic E-state index is 15.6. The standard InChI is InChI=1S/C29H25FN6O3S/c1-37-19-12-17-4-8-32-27(24(17)33-15-19)34-18-2-3-23-20(13-18)29(7-11-40-28(31)36-29)21-14-22(16-5-9-38-10-6-16)35-26(30)25(21)39-23/h2-5,8,12-15H,6-7,9-11H2,1H3,(H2,31,36)(H,32,34)/t29-/m0/s1. The molecule has 0 saturated heterocycles. The Kier molecular flexibility index (Phi) is 6.05. The Morgan fingerprint density at radius 1 is 1.15 bits per heavy atom. The van der Waals surface area contributed by atoms with Crippen molar-refractivity contribution in [3.05, 3.63) is 77.6 Å². The molecule has 7 rings (SSSR count). The number of ether oxygens (including phenoxy) is 3. The predicted octanol–water partition coefficient (Wildman–Crippen LogP) is 5.52. The number of nitrogens with one attached hydrogen (secondary N) is 1. The average molecular weight is 557 g/mol. The average Bonchev–Trinajstić information content (AvgIpc) is 2.98.